The molecular formula is C53H71Cl2N7O7S. The molecule has 11 N–H and O–H groups in total. The van der Waals surface area contributed by atoms with Crippen molar-refractivity contribution in [3.63, 3.8) is 0 Å². The Bertz CT molecular complexity index is 2490. The second-order valence-electron chi connectivity index (χ2n) is 17.9. The molecule has 5 aromatic carbocycles. The lowest BCUT2D eigenvalue weighted by Gasteiger charge is -2.37. The quantitative estimate of drug-likeness (QED) is 0.0168. The van der Waals surface area contributed by atoms with E-state index >= 15 is 0 Å². The second-order valence-corrected chi connectivity index (χ2v) is 17.9. The van der Waals surface area contributed by atoms with Crippen LogP contribution in [-0.4, -0.2) is 73.6 Å². The van der Waals surface area contributed by atoms with Gasteiger partial charge in [-0.25, -0.2) is 4.79 Å². The molecule has 3 amide bonds. The van der Waals surface area contributed by atoms with Crippen LogP contribution in [0.25, 0.3) is 32.7 Å². The minimum atomic E-state index is -1.26. The molecule has 6 rings (SSSR count). The van der Waals surface area contributed by atoms with Crippen LogP contribution in [0.5, 0.6) is 11.5 Å². The first-order chi connectivity index (χ1) is 32.5. The lowest BCUT2D eigenvalue weighted by atomic mass is 9.81. The molecule has 0 saturated heterocycles. The Kier molecular flexibility index (Phi) is 24.6. The molecule has 0 heterocycles. The molecule has 1 saturated carbocycles. The molecule has 380 valence electrons. The van der Waals surface area contributed by atoms with Gasteiger partial charge in [0.2, 0.25) is 11.8 Å². The molecule has 0 bridgehead atoms. The Morgan fingerprint density at radius 1 is 0.686 bits per heavy atom. The van der Waals surface area contributed by atoms with Crippen LogP contribution >= 0.6 is 13.5 Å². The molecule has 1 aliphatic carbocycles. The van der Waals surface area contributed by atoms with Crippen molar-refractivity contribution in [2.24, 2.45) is 17.4 Å². The van der Waals surface area contributed by atoms with Gasteiger partial charge in [0.05, 0.1) is 19.7 Å². The number of ether oxygens (including phenoxy) is 3. The van der Waals surface area contributed by atoms with Crippen molar-refractivity contribution < 1.29 is 68.9 Å². The number of nitrogens with one attached hydrogen (secondary N) is 4. The lowest BCUT2D eigenvalue weighted by molar-refractivity contribution is -0.459. The molecule has 2 atom stereocenters. The van der Waals surface area contributed by atoms with Crippen LogP contribution < -0.4 is 72.4 Å². The number of amides is 3. The predicted molar refractivity (Wildman–Crippen MR) is 272 cm³/mol. The van der Waals surface area contributed by atoms with Crippen molar-refractivity contribution in [1.82, 2.24) is 16.0 Å². The van der Waals surface area contributed by atoms with Gasteiger partial charge in [-0.2, -0.15) is 13.5 Å². The Hall–Kier alpha value is -5.74. The zero-order valence-corrected chi connectivity index (χ0v) is 42.8. The third-order valence-electron chi connectivity index (χ3n) is 12.3. The highest BCUT2D eigenvalue weighted by Gasteiger charge is 2.44. The topological polar surface area (TPSA) is 226 Å². The number of hydrogen-bond acceptors (Lipinski definition) is 7. The van der Waals surface area contributed by atoms with E-state index in [1.165, 1.54) is 0 Å². The summed E-state index contributed by atoms with van der Waals surface area (Å²) in [5.41, 5.74) is 16.5. The number of hydrogen-bond donors (Lipinski definition) is 7. The summed E-state index contributed by atoms with van der Waals surface area (Å²) in [5.74, 6) is -0.393. The number of nitrogens with two attached hydrogens (primary N) is 2. The van der Waals surface area contributed by atoms with E-state index in [1.807, 2.05) is 84.9 Å². The summed E-state index contributed by atoms with van der Waals surface area (Å²) >= 11 is 0. The van der Waals surface area contributed by atoms with Crippen molar-refractivity contribution >= 4 is 64.7 Å². The summed E-state index contributed by atoms with van der Waals surface area (Å²) in [6.07, 6.45) is 6.29. The smallest absolute Gasteiger partial charge is 0.338 e. The highest BCUT2D eigenvalue weighted by atomic mass is 35.5. The van der Waals surface area contributed by atoms with E-state index in [0.717, 1.165) is 70.3 Å². The van der Waals surface area contributed by atoms with Gasteiger partial charge in [-0.3, -0.25) is 30.8 Å². The van der Waals surface area contributed by atoms with E-state index in [-0.39, 0.29) is 63.9 Å². The van der Waals surface area contributed by atoms with E-state index in [4.69, 9.17) is 25.7 Å². The number of carbonyl (C=O) groups is 4. The Morgan fingerprint density at radius 2 is 1.26 bits per heavy atom. The molecule has 70 heavy (non-hydrogen) atoms. The summed E-state index contributed by atoms with van der Waals surface area (Å²) in [5, 5.41) is 12.8. The van der Waals surface area contributed by atoms with Gasteiger partial charge in [0.1, 0.15) is 35.7 Å². The zero-order valence-electron chi connectivity index (χ0n) is 40.3. The van der Waals surface area contributed by atoms with Crippen molar-refractivity contribution in [3.05, 3.63) is 109 Å². The highest BCUT2D eigenvalue weighted by molar-refractivity contribution is 7.59. The Morgan fingerprint density at radius 3 is 1.86 bits per heavy atom. The summed E-state index contributed by atoms with van der Waals surface area (Å²) in [6, 6.07) is 31.4. The van der Waals surface area contributed by atoms with E-state index in [2.05, 4.69) is 58.7 Å². The van der Waals surface area contributed by atoms with Crippen LogP contribution in [0.15, 0.2) is 103 Å². The first-order valence-electron chi connectivity index (χ1n) is 23.8. The average Bonchev–Trinajstić information content (AvgIpc) is 3.33. The third kappa shape index (κ3) is 16.4. The Balaban J connectivity index is 0.00000432. The van der Waals surface area contributed by atoms with Gasteiger partial charge in [0.25, 0.3) is 5.91 Å². The number of benzene rings is 5. The average molecular weight is 1020 g/mol. The van der Waals surface area contributed by atoms with Gasteiger partial charge in [0.15, 0.2) is 6.61 Å². The number of carbonyl (C=O) groups excluding carboxylic acids is 4. The molecule has 17 heteroatoms. The molecular weight excluding hydrogens is 950 g/mol. The molecule has 1 aliphatic rings. The van der Waals surface area contributed by atoms with Crippen LogP contribution in [0.2, 0.25) is 0 Å². The molecule has 1 fully saturated rings. The minimum absolute atomic E-state index is 0. The standard InChI is InChI=1S/C53H67N7O7.2ClH.H2S/c1-36(2)28-33-65-44-26-24-38-18-7-9-20-40(38)47(44)48-41-21-10-8-19-39(41)25-27-45(48)66-35-46(61)58-42(22-11-14-31-54)49(62)59-43(23-15-32-57-52(55)56)50(63)60-53(29-12-4-13-30-53)51(64)67-34-37-16-5-3-6-17-37;;;/h3,5-10,16-21,24-27,36,42-43H,4,11-15,22-23,28-35,54H2,1-2H3,(H,58,61)(H,59,62)(H,60,63)(H4,55,56,57);2*1H;1H2/t42-,43-;;;/m1.../s1. The lowest BCUT2D eigenvalue weighted by Crippen LogP contribution is -3.00. The molecule has 0 aromatic heterocycles. The van der Waals surface area contributed by atoms with Gasteiger partial charge in [0, 0.05) is 11.1 Å². The SMILES string of the molecule is CC(C)CCOc1ccc2ccccc2c1-c1c(OCC(=O)N[C@H](CCCC[NH3+])C(=O)N[C@H](CCC[NH+]=C(N)N)C(=O)NC2(C(=O)OCc3ccccc3)CCCCC2)ccc2ccccc12.S.[Cl-].[Cl-]. The maximum atomic E-state index is 14.3. The monoisotopic (exact) mass is 1020 g/mol. The second kappa shape index (κ2) is 29.4. The Labute approximate surface area is 431 Å². The maximum Gasteiger partial charge on any atom is 0.338 e. The largest absolute Gasteiger partial charge is 1.00 e. The molecule has 5 aromatic rings. The number of quaternary nitrogens is 1. The van der Waals surface area contributed by atoms with Gasteiger partial charge >= 0.3 is 11.9 Å². The van der Waals surface area contributed by atoms with Gasteiger partial charge in [-0.15, -0.1) is 0 Å². The molecule has 0 spiro atoms. The normalized spacial score (nSPS) is 13.5. The number of rotatable bonds is 24. The number of fused-ring (bicyclic) bond motifs is 2. The number of esters is 1. The van der Waals surface area contributed by atoms with E-state index in [9.17, 15) is 19.2 Å². The molecule has 14 nitrogen and oxygen atoms in total. The predicted octanol–water partition coefficient (Wildman–Crippen LogP) is -1.34. The van der Waals surface area contributed by atoms with E-state index in [1.54, 1.807) is 0 Å². The summed E-state index contributed by atoms with van der Waals surface area (Å²) in [6.45, 7) is 5.53. The molecule has 0 unspecified atom stereocenters. The first-order valence-corrected chi connectivity index (χ1v) is 23.8. The van der Waals surface area contributed by atoms with Crippen molar-refractivity contribution in [2.75, 3.05) is 26.3 Å². The summed E-state index contributed by atoms with van der Waals surface area (Å²) < 4.78 is 18.7. The van der Waals surface area contributed by atoms with Crippen LogP contribution in [-0.2, 0) is 30.5 Å². The minimum Gasteiger partial charge on any atom is -1.00 e. The van der Waals surface area contributed by atoms with E-state index in [0.29, 0.717) is 69.2 Å². The maximum absolute atomic E-state index is 14.3. The molecule has 0 radical (unpaired) electrons. The fourth-order valence-corrected chi connectivity index (χ4v) is 8.64. The van der Waals surface area contributed by atoms with Gasteiger partial charge < -0.3 is 60.7 Å². The van der Waals surface area contributed by atoms with Crippen molar-refractivity contribution in [3.8, 4) is 22.6 Å². The van der Waals surface area contributed by atoms with Crippen molar-refractivity contribution in [2.45, 2.75) is 109 Å². The number of guanidine groups is 1. The summed E-state index contributed by atoms with van der Waals surface area (Å²) in [4.78, 5) is 59.3. The van der Waals surface area contributed by atoms with Crippen LogP contribution in [0, 0.1) is 5.92 Å². The van der Waals surface area contributed by atoms with Gasteiger partial charge in [-0.1, -0.05) is 124 Å². The fraction of sp³-hybridized carbons (Fsp3) is 0.415. The van der Waals surface area contributed by atoms with Crippen molar-refractivity contribution in [1.29, 1.82) is 0 Å². The number of halogens is 2. The molecule has 0 aliphatic heterocycles. The first kappa shape index (κ1) is 58.6. The summed E-state index contributed by atoms with van der Waals surface area (Å²) in [7, 11) is 0. The zero-order chi connectivity index (χ0) is 47.6. The van der Waals surface area contributed by atoms with Gasteiger partial charge in [-0.05, 0) is 96.5 Å². The third-order valence-corrected chi connectivity index (χ3v) is 12.3. The van der Waals surface area contributed by atoms with Crippen LogP contribution in [0.4, 0.5) is 0 Å². The highest BCUT2D eigenvalue weighted by Crippen LogP contribution is 2.45. The fourth-order valence-electron chi connectivity index (χ4n) is 8.64. The number of unbranched alkanes of at least 4 members (excludes halogenated alkanes) is 1. The van der Waals surface area contributed by atoms with Crippen LogP contribution in [0.3, 0.4) is 0 Å². The van der Waals surface area contributed by atoms with E-state index < -0.39 is 41.3 Å². The van der Waals surface area contributed by atoms with Crippen LogP contribution in [0.1, 0.15) is 90.0 Å².